The molecule has 0 aromatic carbocycles. The van der Waals surface area contributed by atoms with Gasteiger partial charge in [-0.3, -0.25) is 4.79 Å². The number of hydrogen-bond acceptors (Lipinski definition) is 5. The first-order valence-electron chi connectivity index (χ1n) is 5.77. The van der Waals surface area contributed by atoms with Crippen LogP contribution in [0.5, 0.6) is 0 Å². The molecule has 0 aliphatic heterocycles. The normalized spacial score (nSPS) is 17.0. The van der Waals surface area contributed by atoms with Crippen molar-refractivity contribution in [2.45, 2.75) is 39.6 Å². The zero-order valence-corrected chi connectivity index (χ0v) is 11.5. The highest BCUT2D eigenvalue weighted by molar-refractivity contribution is 5.74. The van der Waals surface area contributed by atoms with E-state index in [1.807, 2.05) is 13.8 Å². The van der Waals surface area contributed by atoms with Crippen molar-refractivity contribution in [1.82, 2.24) is 0 Å². The van der Waals surface area contributed by atoms with Crippen LogP contribution in [-0.2, 0) is 19.0 Å². The standard InChI is InChI=1S/C12H24O5/c1-7-17-10(13)9(8(2)3)12(4,14)11(15-5)16-6/h8-9,11,14H,7H2,1-6H3. The Bertz CT molecular complexity index is 233. The Kier molecular flexibility index (Phi) is 6.67. The third kappa shape index (κ3) is 3.94. The van der Waals surface area contributed by atoms with E-state index in [-0.39, 0.29) is 12.5 Å². The van der Waals surface area contributed by atoms with Crippen LogP contribution < -0.4 is 0 Å². The molecule has 1 N–H and O–H groups in total. The van der Waals surface area contributed by atoms with Crippen LogP contribution in [0.4, 0.5) is 0 Å². The highest BCUT2D eigenvalue weighted by Crippen LogP contribution is 2.31. The highest BCUT2D eigenvalue weighted by Gasteiger charge is 2.47. The van der Waals surface area contributed by atoms with Gasteiger partial charge in [-0.05, 0) is 19.8 Å². The second-order valence-corrected chi connectivity index (χ2v) is 4.50. The van der Waals surface area contributed by atoms with E-state index in [4.69, 9.17) is 14.2 Å². The van der Waals surface area contributed by atoms with Crippen molar-refractivity contribution in [2.24, 2.45) is 11.8 Å². The van der Waals surface area contributed by atoms with E-state index in [2.05, 4.69) is 0 Å². The van der Waals surface area contributed by atoms with Gasteiger partial charge in [-0.2, -0.15) is 0 Å². The van der Waals surface area contributed by atoms with Crippen LogP contribution in [0.15, 0.2) is 0 Å². The summed E-state index contributed by atoms with van der Waals surface area (Å²) < 4.78 is 15.1. The minimum atomic E-state index is -1.44. The smallest absolute Gasteiger partial charge is 0.312 e. The number of aliphatic hydroxyl groups is 1. The van der Waals surface area contributed by atoms with Gasteiger partial charge in [-0.15, -0.1) is 0 Å². The quantitative estimate of drug-likeness (QED) is 0.541. The number of methoxy groups -OCH3 is 2. The molecule has 0 rings (SSSR count). The highest BCUT2D eigenvalue weighted by atomic mass is 16.7. The topological polar surface area (TPSA) is 65.0 Å². The zero-order valence-electron chi connectivity index (χ0n) is 11.5. The minimum absolute atomic E-state index is 0.0863. The molecule has 0 spiro atoms. The van der Waals surface area contributed by atoms with E-state index in [1.165, 1.54) is 21.1 Å². The van der Waals surface area contributed by atoms with Crippen LogP contribution in [0.2, 0.25) is 0 Å². The van der Waals surface area contributed by atoms with Crippen molar-refractivity contribution >= 4 is 5.97 Å². The van der Waals surface area contributed by atoms with Crippen molar-refractivity contribution in [1.29, 1.82) is 0 Å². The molecule has 0 aromatic rings. The molecule has 0 heterocycles. The van der Waals surface area contributed by atoms with Gasteiger partial charge in [-0.25, -0.2) is 0 Å². The molecule has 0 aliphatic carbocycles. The number of carbonyl (C=O) groups is 1. The SMILES string of the molecule is CCOC(=O)C(C(C)C)C(C)(O)C(OC)OC. The number of carbonyl (C=O) groups excluding carboxylic acids is 1. The van der Waals surface area contributed by atoms with Crippen LogP contribution in [0.1, 0.15) is 27.7 Å². The first kappa shape index (κ1) is 16.4. The molecule has 0 saturated carbocycles. The van der Waals surface area contributed by atoms with Gasteiger partial charge in [0.2, 0.25) is 0 Å². The van der Waals surface area contributed by atoms with E-state index < -0.39 is 23.8 Å². The summed E-state index contributed by atoms with van der Waals surface area (Å²) in [7, 11) is 2.84. The Morgan fingerprint density at radius 3 is 2.06 bits per heavy atom. The molecular formula is C12H24O5. The van der Waals surface area contributed by atoms with Gasteiger partial charge in [0.1, 0.15) is 5.60 Å². The van der Waals surface area contributed by atoms with Crippen LogP contribution in [0.3, 0.4) is 0 Å². The van der Waals surface area contributed by atoms with E-state index in [0.29, 0.717) is 0 Å². The number of rotatable bonds is 7. The van der Waals surface area contributed by atoms with Crippen LogP contribution in [0.25, 0.3) is 0 Å². The van der Waals surface area contributed by atoms with Gasteiger partial charge in [0, 0.05) is 14.2 Å². The minimum Gasteiger partial charge on any atom is -0.466 e. The van der Waals surface area contributed by atoms with E-state index >= 15 is 0 Å². The van der Waals surface area contributed by atoms with Gasteiger partial charge in [0.15, 0.2) is 6.29 Å². The Balaban J connectivity index is 5.09. The molecule has 102 valence electrons. The molecule has 5 nitrogen and oxygen atoms in total. The second kappa shape index (κ2) is 6.93. The van der Waals surface area contributed by atoms with Gasteiger partial charge < -0.3 is 19.3 Å². The first-order valence-corrected chi connectivity index (χ1v) is 5.77. The summed E-state index contributed by atoms with van der Waals surface area (Å²) >= 11 is 0. The molecule has 0 saturated heterocycles. The maximum absolute atomic E-state index is 11.9. The van der Waals surface area contributed by atoms with Gasteiger partial charge in [0.05, 0.1) is 12.5 Å². The van der Waals surface area contributed by atoms with Crippen molar-refractivity contribution < 1.29 is 24.1 Å². The molecule has 0 bridgehead atoms. The Hall–Kier alpha value is -0.650. The van der Waals surface area contributed by atoms with Crippen LogP contribution in [0, 0.1) is 11.8 Å². The summed E-state index contributed by atoms with van der Waals surface area (Å²) in [5.41, 5.74) is -1.44. The summed E-state index contributed by atoms with van der Waals surface area (Å²) in [6.45, 7) is 7.22. The van der Waals surface area contributed by atoms with Crippen LogP contribution in [-0.4, -0.2) is 43.8 Å². The summed E-state index contributed by atoms with van der Waals surface area (Å²) in [6, 6.07) is 0. The summed E-state index contributed by atoms with van der Waals surface area (Å²) in [4.78, 5) is 11.9. The lowest BCUT2D eigenvalue weighted by molar-refractivity contribution is -0.236. The molecule has 0 aliphatic rings. The molecule has 17 heavy (non-hydrogen) atoms. The number of hydrogen-bond donors (Lipinski definition) is 1. The zero-order chi connectivity index (χ0) is 13.6. The number of esters is 1. The summed E-state index contributed by atoms with van der Waals surface area (Å²) in [5.74, 6) is -1.23. The third-order valence-electron chi connectivity index (χ3n) is 2.74. The molecular weight excluding hydrogens is 224 g/mol. The monoisotopic (exact) mass is 248 g/mol. The predicted octanol–water partition coefficient (Wildman–Crippen LogP) is 1.19. The third-order valence-corrected chi connectivity index (χ3v) is 2.74. The van der Waals surface area contributed by atoms with E-state index in [9.17, 15) is 9.90 Å². The van der Waals surface area contributed by atoms with E-state index in [0.717, 1.165) is 0 Å². The van der Waals surface area contributed by atoms with E-state index in [1.54, 1.807) is 6.92 Å². The maximum Gasteiger partial charge on any atom is 0.312 e. The fraction of sp³-hybridized carbons (Fsp3) is 0.917. The Morgan fingerprint density at radius 1 is 1.29 bits per heavy atom. The summed E-state index contributed by atoms with van der Waals surface area (Å²) in [6.07, 6.45) is -0.876. The maximum atomic E-state index is 11.9. The molecule has 2 atom stereocenters. The summed E-state index contributed by atoms with van der Waals surface area (Å²) in [5, 5.41) is 10.5. The van der Waals surface area contributed by atoms with Crippen molar-refractivity contribution in [2.75, 3.05) is 20.8 Å². The average Bonchev–Trinajstić information content (AvgIpc) is 2.17. The molecule has 0 radical (unpaired) electrons. The first-order chi connectivity index (χ1) is 7.82. The Labute approximate surface area is 103 Å². The average molecular weight is 248 g/mol. The van der Waals surface area contributed by atoms with Crippen molar-refractivity contribution in [3.8, 4) is 0 Å². The largest absolute Gasteiger partial charge is 0.466 e. The molecule has 2 unspecified atom stereocenters. The van der Waals surface area contributed by atoms with Gasteiger partial charge in [-0.1, -0.05) is 13.8 Å². The predicted molar refractivity (Wildman–Crippen MR) is 63.4 cm³/mol. The van der Waals surface area contributed by atoms with Gasteiger partial charge >= 0.3 is 5.97 Å². The van der Waals surface area contributed by atoms with Gasteiger partial charge in [0.25, 0.3) is 0 Å². The number of ether oxygens (including phenoxy) is 3. The molecule has 5 heteroatoms. The molecule has 0 fully saturated rings. The lowest BCUT2D eigenvalue weighted by atomic mass is 9.80. The Morgan fingerprint density at radius 2 is 1.76 bits per heavy atom. The molecule has 0 aromatic heterocycles. The van der Waals surface area contributed by atoms with Crippen LogP contribution >= 0.6 is 0 Å². The lowest BCUT2D eigenvalue weighted by Crippen LogP contribution is -2.53. The fourth-order valence-electron chi connectivity index (χ4n) is 2.14. The molecule has 0 amide bonds. The van der Waals surface area contributed by atoms with Crippen molar-refractivity contribution in [3.63, 3.8) is 0 Å². The van der Waals surface area contributed by atoms with Crippen molar-refractivity contribution in [3.05, 3.63) is 0 Å². The fourth-order valence-corrected chi connectivity index (χ4v) is 2.14. The second-order valence-electron chi connectivity index (χ2n) is 4.50. The lowest BCUT2D eigenvalue weighted by Gasteiger charge is -2.38.